The minimum absolute atomic E-state index is 1.75. The second-order valence-electron chi connectivity index (χ2n) is 1.42. The Bertz CT molecular complexity index is 137. The van der Waals surface area contributed by atoms with E-state index in [1.54, 1.807) is 12.5 Å². The maximum Gasteiger partial charge on any atom is 0.285 e. The van der Waals surface area contributed by atoms with Crippen LogP contribution in [0.25, 0.3) is 0 Å². The van der Waals surface area contributed by atoms with E-state index in [-0.39, 0.29) is 0 Å². The van der Waals surface area contributed by atoms with Gasteiger partial charge in [0.25, 0.3) is 6.33 Å². The molecule has 0 spiro atoms. The molecule has 0 aliphatic rings. The van der Waals surface area contributed by atoms with Crippen LogP contribution in [0.3, 0.4) is 0 Å². The van der Waals surface area contributed by atoms with Crippen molar-refractivity contribution in [1.29, 1.82) is 0 Å². The van der Waals surface area contributed by atoms with Gasteiger partial charge in [0, 0.05) is 6.07 Å². The molecule has 0 fully saturated rings. The smallest absolute Gasteiger partial charge is 0.240 e. The summed E-state index contributed by atoms with van der Waals surface area (Å²) in [5.41, 5.74) is 0. The molecule has 1 aromatic heterocycles. The highest BCUT2D eigenvalue weighted by Crippen LogP contribution is 1.64. The second kappa shape index (κ2) is 5.22. The van der Waals surface area contributed by atoms with Crippen molar-refractivity contribution in [3.8, 4) is 0 Å². The average Bonchev–Trinajstić information content (AvgIpc) is 1.94. The fourth-order valence-electron chi connectivity index (χ4n) is 0.406. The van der Waals surface area contributed by atoms with E-state index >= 15 is 0 Å². The van der Waals surface area contributed by atoms with Gasteiger partial charge < -0.3 is 0 Å². The first-order chi connectivity index (χ1) is 4.39. The van der Waals surface area contributed by atoms with Crippen molar-refractivity contribution in [3.63, 3.8) is 0 Å². The van der Waals surface area contributed by atoms with Crippen molar-refractivity contribution < 1.29 is 4.57 Å². The molecule has 0 N–H and O–H groups in total. The highest BCUT2D eigenvalue weighted by atomic mass is 15.0. The Hall–Kier alpha value is -0.920. The van der Waals surface area contributed by atoms with Gasteiger partial charge >= 0.3 is 0 Å². The molecule has 0 amide bonds. The van der Waals surface area contributed by atoms with E-state index in [0.717, 1.165) is 0 Å². The molecular formula is C7H13N2+. The van der Waals surface area contributed by atoms with Gasteiger partial charge in [0.05, 0.1) is 13.2 Å². The number of hydrogen-bond donors (Lipinski definition) is 0. The minimum atomic E-state index is 1.75. The van der Waals surface area contributed by atoms with Crippen LogP contribution in [0.1, 0.15) is 13.8 Å². The highest BCUT2D eigenvalue weighted by molar-refractivity contribution is 4.68. The largest absolute Gasteiger partial charge is 0.285 e. The molecule has 0 aliphatic heterocycles. The molecule has 0 radical (unpaired) electrons. The molecule has 0 aromatic carbocycles. The molecular weight excluding hydrogens is 112 g/mol. The van der Waals surface area contributed by atoms with Gasteiger partial charge in [-0.2, -0.15) is 0 Å². The van der Waals surface area contributed by atoms with Gasteiger partial charge in [-0.1, -0.05) is 18.8 Å². The number of aryl methyl sites for hydroxylation is 1. The van der Waals surface area contributed by atoms with Crippen molar-refractivity contribution in [2.45, 2.75) is 13.8 Å². The van der Waals surface area contributed by atoms with Gasteiger partial charge in [-0.25, -0.2) is 4.57 Å². The molecule has 1 heterocycles. The van der Waals surface area contributed by atoms with Crippen LogP contribution >= 0.6 is 0 Å². The normalized spacial score (nSPS) is 7.44. The number of nitrogens with zero attached hydrogens (tertiary/aromatic N) is 2. The van der Waals surface area contributed by atoms with Crippen molar-refractivity contribution in [2.75, 3.05) is 0 Å². The zero-order valence-electron chi connectivity index (χ0n) is 6.20. The quantitative estimate of drug-likeness (QED) is 0.471. The summed E-state index contributed by atoms with van der Waals surface area (Å²) in [6.45, 7) is 4.00. The van der Waals surface area contributed by atoms with Crippen molar-refractivity contribution in [3.05, 3.63) is 24.8 Å². The second-order valence-corrected chi connectivity index (χ2v) is 1.42. The SMILES string of the molecule is CC.C[n+]1cccnc1. The van der Waals surface area contributed by atoms with Gasteiger partial charge in [-0.3, -0.25) is 0 Å². The molecule has 1 aromatic rings. The van der Waals surface area contributed by atoms with Crippen LogP contribution in [-0.2, 0) is 7.05 Å². The Morgan fingerprint density at radius 2 is 2.00 bits per heavy atom. The Balaban J connectivity index is 0.000000291. The predicted octanol–water partition coefficient (Wildman–Crippen LogP) is 0.932. The summed E-state index contributed by atoms with van der Waals surface area (Å²) < 4.78 is 1.89. The molecule has 2 nitrogen and oxygen atoms in total. The lowest BCUT2D eigenvalue weighted by atomic mass is 10.7. The maximum absolute atomic E-state index is 3.85. The number of hydrogen-bond acceptors (Lipinski definition) is 1. The summed E-state index contributed by atoms with van der Waals surface area (Å²) in [6, 6.07) is 1.89. The Morgan fingerprint density at radius 1 is 1.33 bits per heavy atom. The molecule has 0 bridgehead atoms. The molecule has 0 saturated heterocycles. The van der Waals surface area contributed by atoms with E-state index in [4.69, 9.17) is 0 Å². The molecule has 0 aliphatic carbocycles. The third-order valence-corrected chi connectivity index (χ3v) is 0.742. The van der Waals surface area contributed by atoms with E-state index in [2.05, 4.69) is 4.98 Å². The van der Waals surface area contributed by atoms with Gasteiger partial charge in [0.1, 0.15) is 6.20 Å². The molecule has 50 valence electrons. The van der Waals surface area contributed by atoms with Crippen molar-refractivity contribution >= 4 is 0 Å². The van der Waals surface area contributed by atoms with Gasteiger partial charge in [-0.05, 0) is 0 Å². The first kappa shape index (κ1) is 8.08. The summed E-state index contributed by atoms with van der Waals surface area (Å²) in [4.78, 5) is 3.85. The zero-order valence-corrected chi connectivity index (χ0v) is 6.20. The third-order valence-electron chi connectivity index (χ3n) is 0.742. The third kappa shape index (κ3) is 3.64. The molecule has 9 heavy (non-hydrogen) atoms. The van der Waals surface area contributed by atoms with Crippen LogP contribution in [0.2, 0.25) is 0 Å². The highest BCUT2D eigenvalue weighted by Gasteiger charge is 1.79. The zero-order chi connectivity index (χ0) is 7.11. The first-order valence-corrected chi connectivity index (χ1v) is 3.15. The summed E-state index contributed by atoms with van der Waals surface area (Å²) in [7, 11) is 1.94. The Labute approximate surface area is 56.2 Å². The average molecular weight is 125 g/mol. The van der Waals surface area contributed by atoms with Crippen LogP contribution < -0.4 is 4.57 Å². The lowest BCUT2D eigenvalue weighted by molar-refractivity contribution is -0.674. The summed E-state index contributed by atoms with van der Waals surface area (Å²) in [6.07, 6.45) is 5.44. The van der Waals surface area contributed by atoms with Gasteiger partial charge in [0.15, 0.2) is 0 Å². The minimum Gasteiger partial charge on any atom is -0.240 e. The van der Waals surface area contributed by atoms with E-state index < -0.39 is 0 Å². The lowest BCUT2D eigenvalue weighted by Crippen LogP contribution is -2.26. The van der Waals surface area contributed by atoms with Crippen LogP contribution in [0.5, 0.6) is 0 Å². The van der Waals surface area contributed by atoms with Gasteiger partial charge in [-0.15, -0.1) is 0 Å². The van der Waals surface area contributed by atoms with E-state index in [1.165, 1.54) is 0 Å². The summed E-state index contributed by atoms with van der Waals surface area (Å²) in [5, 5.41) is 0. The van der Waals surface area contributed by atoms with E-state index in [1.807, 2.05) is 37.7 Å². The molecule has 0 atom stereocenters. The summed E-state index contributed by atoms with van der Waals surface area (Å²) in [5.74, 6) is 0. The Kier molecular flexibility index (Phi) is 4.69. The lowest BCUT2D eigenvalue weighted by Gasteiger charge is -1.78. The number of rotatable bonds is 0. The monoisotopic (exact) mass is 125 g/mol. The topological polar surface area (TPSA) is 16.8 Å². The Morgan fingerprint density at radius 3 is 2.22 bits per heavy atom. The summed E-state index contributed by atoms with van der Waals surface area (Å²) >= 11 is 0. The first-order valence-electron chi connectivity index (χ1n) is 3.15. The standard InChI is InChI=1S/C5H7N2.C2H6/c1-7-4-2-3-6-5-7;1-2/h2-5H,1H3;1-2H3/q+1;. The van der Waals surface area contributed by atoms with Crippen molar-refractivity contribution in [2.24, 2.45) is 7.05 Å². The molecule has 2 heteroatoms. The van der Waals surface area contributed by atoms with Crippen LogP contribution in [-0.4, -0.2) is 4.98 Å². The molecule has 0 saturated carbocycles. The predicted molar refractivity (Wildman–Crippen MR) is 36.8 cm³/mol. The molecule has 1 rings (SSSR count). The van der Waals surface area contributed by atoms with Crippen LogP contribution in [0.15, 0.2) is 24.8 Å². The van der Waals surface area contributed by atoms with E-state index in [0.29, 0.717) is 0 Å². The maximum atomic E-state index is 3.85. The number of aromatic nitrogens is 2. The fourth-order valence-corrected chi connectivity index (χ4v) is 0.406. The van der Waals surface area contributed by atoms with Crippen molar-refractivity contribution in [1.82, 2.24) is 4.98 Å². The molecule has 0 unspecified atom stereocenters. The van der Waals surface area contributed by atoms with Crippen LogP contribution in [0.4, 0.5) is 0 Å². The van der Waals surface area contributed by atoms with Crippen LogP contribution in [0, 0.1) is 0 Å². The van der Waals surface area contributed by atoms with Gasteiger partial charge in [0.2, 0.25) is 0 Å². The fraction of sp³-hybridized carbons (Fsp3) is 0.429. The van der Waals surface area contributed by atoms with E-state index in [9.17, 15) is 0 Å².